The molecule has 0 aliphatic carbocycles. The first-order chi connectivity index (χ1) is 8.20. The zero-order valence-corrected chi connectivity index (χ0v) is 10.7. The standard InChI is InChI=1S/C13H20N4/c1-11(2)17-10-15-7-13(17)9-16-5-4-12(8-16)6-14-3/h4-5,7-8,10-11,14H,6,9H2,1-3H3. The van der Waals surface area contributed by atoms with Crippen LogP contribution in [0.4, 0.5) is 0 Å². The lowest BCUT2D eigenvalue weighted by Crippen LogP contribution is -2.08. The molecule has 0 aromatic carbocycles. The monoisotopic (exact) mass is 232 g/mol. The minimum atomic E-state index is 0.458. The van der Waals surface area contributed by atoms with Gasteiger partial charge >= 0.3 is 0 Å². The summed E-state index contributed by atoms with van der Waals surface area (Å²) in [7, 11) is 1.96. The van der Waals surface area contributed by atoms with Crippen molar-refractivity contribution in [2.45, 2.75) is 33.0 Å². The molecule has 0 bridgehead atoms. The van der Waals surface area contributed by atoms with Crippen LogP contribution in [0.3, 0.4) is 0 Å². The van der Waals surface area contributed by atoms with Crippen LogP contribution in [0.1, 0.15) is 31.1 Å². The van der Waals surface area contributed by atoms with Crippen molar-refractivity contribution in [1.82, 2.24) is 19.4 Å². The summed E-state index contributed by atoms with van der Waals surface area (Å²) in [6.07, 6.45) is 8.13. The Labute approximate surface area is 102 Å². The van der Waals surface area contributed by atoms with Crippen molar-refractivity contribution in [2.75, 3.05) is 7.05 Å². The smallest absolute Gasteiger partial charge is 0.0951 e. The normalized spacial score (nSPS) is 11.3. The predicted octanol–water partition coefficient (Wildman–Crippen LogP) is 2.03. The second-order valence-electron chi connectivity index (χ2n) is 4.61. The summed E-state index contributed by atoms with van der Waals surface area (Å²) in [4.78, 5) is 4.22. The van der Waals surface area contributed by atoms with E-state index >= 15 is 0 Å². The van der Waals surface area contributed by atoms with Gasteiger partial charge < -0.3 is 14.5 Å². The van der Waals surface area contributed by atoms with Crippen LogP contribution in [0.15, 0.2) is 31.0 Å². The van der Waals surface area contributed by atoms with Crippen LogP contribution in [-0.2, 0) is 13.1 Å². The van der Waals surface area contributed by atoms with Gasteiger partial charge in [-0.05, 0) is 32.5 Å². The van der Waals surface area contributed by atoms with E-state index in [1.807, 2.05) is 19.6 Å². The first kappa shape index (κ1) is 11.9. The molecule has 1 N–H and O–H groups in total. The highest BCUT2D eigenvalue weighted by Gasteiger charge is 2.06. The highest BCUT2D eigenvalue weighted by Crippen LogP contribution is 2.11. The number of hydrogen-bond acceptors (Lipinski definition) is 2. The SMILES string of the molecule is CNCc1ccn(Cc2cncn2C(C)C)c1. The molecule has 0 aliphatic heterocycles. The summed E-state index contributed by atoms with van der Waals surface area (Å²) in [5.41, 5.74) is 2.55. The van der Waals surface area contributed by atoms with Gasteiger partial charge in [0.05, 0.1) is 18.6 Å². The maximum absolute atomic E-state index is 4.22. The summed E-state index contributed by atoms with van der Waals surface area (Å²) in [6.45, 7) is 6.14. The van der Waals surface area contributed by atoms with Crippen molar-refractivity contribution in [3.05, 3.63) is 42.2 Å². The summed E-state index contributed by atoms with van der Waals surface area (Å²) in [5.74, 6) is 0. The Morgan fingerprint density at radius 2 is 2.24 bits per heavy atom. The van der Waals surface area contributed by atoms with Crippen molar-refractivity contribution >= 4 is 0 Å². The lowest BCUT2D eigenvalue weighted by molar-refractivity contribution is 0.561. The molecule has 4 heteroatoms. The maximum Gasteiger partial charge on any atom is 0.0951 e. The largest absolute Gasteiger partial charge is 0.348 e. The van der Waals surface area contributed by atoms with Gasteiger partial charge in [-0.3, -0.25) is 0 Å². The number of aromatic nitrogens is 3. The van der Waals surface area contributed by atoms with Crippen molar-refractivity contribution in [3.63, 3.8) is 0 Å². The van der Waals surface area contributed by atoms with Gasteiger partial charge in [-0.1, -0.05) is 0 Å². The molecule has 0 saturated carbocycles. The first-order valence-electron chi connectivity index (χ1n) is 6.00. The zero-order valence-electron chi connectivity index (χ0n) is 10.7. The predicted molar refractivity (Wildman–Crippen MR) is 68.9 cm³/mol. The Kier molecular flexibility index (Phi) is 3.64. The fourth-order valence-electron chi connectivity index (χ4n) is 2.00. The zero-order chi connectivity index (χ0) is 12.3. The van der Waals surface area contributed by atoms with Gasteiger partial charge in [-0.25, -0.2) is 4.98 Å². The number of hydrogen-bond donors (Lipinski definition) is 1. The molecule has 2 heterocycles. The summed E-state index contributed by atoms with van der Waals surface area (Å²) in [5, 5.41) is 3.15. The molecule has 0 fully saturated rings. The fraction of sp³-hybridized carbons (Fsp3) is 0.462. The molecule has 17 heavy (non-hydrogen) atoms. The van der Waals surface area contributed by atoms with Gasteiger partial charge in [-0.15, -0.1) is 0 Å². The van der Waals surface area contributed by atoms with Crippen LogP contribution in [0, 0.1) is 0 Å². The van der Waals surface area contributed by atoms with E-state index in [1.165, 1.54) is 11.3 Å². The molecule has 0 spiro atoms. The van der Waals surface area contributed by atoms with Crippen molar-refractivity contribution in [1.29, 1.82) is 0 Å². The van der Waals surface area contributed by atoms with Gasteiger partial charge in [0.1, 0.15) is 0 Å². The Morgan fingerprint density at radius 1 is 1.41 bits per heavy atom. The molecule has 2 aromatic heterocycles. The summed E-state index contributed by atoms with van der Waals surface area (Å²) >= 11 is 0. The number of rotatable bonds is 5. The molecular formula is C13H20N4. The van der Waals surface area contributed by atoms with Crippen LogP contribution < -0.4 is 5.32 Å². The number of nitrogens with one attached hydrogen (secondary N) is 1. The van der Waals surface area contributed by atoms with Gasteiger partial charge in [-0.2, -0.15) is 0 Å². The van der Waals surface area contributed by atoms with E-state index in [4.69, 9.17) is 0 Å². The lowest BCUT2D eigenvalue weighted by atomic mass is 10.3. The molecule has 0 saturated heterocycles. The second kappa shape index (κ2) is 5.19. The number of imidazole rings is 1. The lowest BCUT2D eigenvalue weighted by Gasteiger charge is -2.12. The second-order valence-corrected chi connectivity index (χ2v) is 4.61. The van der Waals surface area contributed by atoms with Crippen molar-refractivity contribution in [3.8, 4) is 0 Å². The van der Waals surface area contributed by atoms with Crippen molar-refractivity contribution < 1.29 is 0 Å². The topological polar surface area (TPSA) is 34.8 Å². The average Bonchev–Trinajstić information content (AvgIpc) is 2.89. The third-order valence-corrected chi connectivity index (χ3v) is 2.84. The van der Waals surface area contributed by atoms with Gasteiger partial charge in [0.2, 0.25) is 0 Å². The van der Waals surface area contributed by atoms with Gasteiger partial charge in [0, 0.05) is 31.2 Å². The van der Waals surface area contributed by atoms with Gasteiger partial charge in [0.25, 0.3) is 0 Å². The minimum absolute atomic E-state index is 0.458. The average molecular weight is 232 g/mol. The summed E-state index contributed by atoms with van der Waals surface area (Å²) in [6, 6.07) is 2.60. The highest BCUT2D eigenvalue weighted by molar-refractivity contribution is 5.12. The van der Waals surface area contributed by atoms with Crippen LogP contribution in [0.5, 0.6) is 0 Å². The molecule has 0 amide bonds. The van der Waals surface area contributed by atoms with E-state index in [2.05, 4.69) is 51.7 Å². The molecule has 92 valence electrons. The maximum atomic E-state index is 4.22. The van der Waals surface area contributed by atoms with Gasteiger partial charge in [0.15, 0.2) is 0 Å². The number of nitrogens with zero attached hydrogens (tertiary/aromatic N) is 3. The fourth-order valence-corrected chi connectivity index (χ4v) is 2.00. The van der Waals surface area contributed by atoms with E-state index in [1.54, 1.807) is 0 Å². The van der Waals surface area contributed by atoms with E-state index in [9.17, 15) is 0 Å². The van der Waals surface area contributed by atoms with Crippen LogP contribution in [-0.4, -0.2) is 21.2 Å². The molecule has 0 radical (unpaired) electrons. The minimum Gasteiger partial charge on any atom is -0.348 e. The first-order valence-corrected chi connectivity index (χ1v) is 6.00. The van der Waals surface area contributed by atoms with E-state index in [0.717, 1.165) is 13.1 Å². The Morgan fingerprint density at radius 3 is 2.94 bits per heavy atom. The molecular weight excluding hydrogens is 212 g/mol. The van der Waals surface area contributed by atoms with E-state index in [0.29, 0.717) is 6.04 Å². The molecule has 4 nitrogen and oxygen atoms in total. The van der Waals surface area contributed by atoms with Crippen LogP contribution >= 0.6 is 0 Å². The molecule has 0 atom stereocenters. The van der Waals surface area contributed by atoms with Crippen LogP contribution in [0.25, 0.3) is 0 Å². The van der Waals surface area contributed by atoms with Crippen molar-refractivity contribution in [2.24, 2.45) is 0 Å². The Hall–Kier alpha value is -1.55. The summed E-state index contributed by atoms with van der Waals surface area (Å²) < 4.78 is 4.40. The third kappa shape index (κ3) is 2.77. The van der Waals surface area contributed by atoms with Crippen LogP contribution in [0.2, 0.25) is 0 Å². The Bertz CT molecular complexity index is 467. The Balaban J connectivity index is 2.11. The quantitative estimate of drug-likeness (QED) is 0.856. The third-order valence-electron chi connectivity index (χ3n) is 2.84. The van der Waals surface area contributed by atoms with E-state index in [-0.39, 0.29) is 0 Å². The molecule has 2 aromatic rings. The van der Waals surface area contributed by atoms with E-state index < -0.39 is 0 Å². The molecule has 2 rings (SSSR count). The highest BCUT2D eigenvalue weighted by atomic mass is 15.1. The molecule has 0 unspecified atom stereocenters. The molecule has 0 aliphatic rings.